The Hall–Kier alpha value is -1.07. The lowest BCUT2D eigenvalue weighted by molar-refractivity contribution is -0.119. The molecule has 0 heterocycles. The van der Waals surface area contributed by atoms with E-state index in [1.807, 2.05) is 0 Å². The largest absolute Gasteiger partial charge is 0.368 e. The standard InChI is InChI=1S/C10H10BrClN2O2/c1-5(9(13)15)14-10(16)6-2-3-8(12)7(11)4-6/h2-5H,1H3,(H2,13,15)(H,14,16)/t5-/m1/s1. The average molecular weight is 306 g/mol. The maximum Gasteiger partial charge on any atom is 0.251 e. The van der Waals surface area contributed by atoms with E-state index in [4.69, 9.17) is 17.3 Å². The third-order valence-electron chi connectivity index (χ3n) is 1.96. The van der Waals surface area contributed by atoms with Gasteiger partial charge >= 0.3 is 0 Å². The molecule has 1 atom stereocenters. The predicted octanol–water partition coefficient (Wildman–Crippen LogP) is 1.71. The second kappa shape index (κ2) is 5.32. The first-order valence-electron chi connectivity index (χ1n) is 4.47. The van der Waals surface area contributed by atoms with Gasteiger partial charge in [0, 0.05) is 10.0 Å². The van der Waals surface area contributed by atoms with E-state index >= 15 is 0 Å². The summed E-state index contributed by atoms with van der Waals surface area (Å²) in [7, 11) is 0. The third-order valence-corrected chi connectivity index (χ3v) is 3.17. The van der Waals surface area contributed by atoms with Crippen LogP contribution in [0.15, 0.2) is 22.7 Å². The summed E-state index contributed by atoms with van der Waals surface area (Å²) in [5.74, 6) is -0.954. The van der Waals surface area contributed by atoms with Gasteiger partial charge < -0.3 is 11.1 Å². The number of rotatable bonds is 3. The lowest BCUT2D eigenvalue weighted by atomic mass is 10.2. The summed E-state index contributed by atoms with van der Waals surface area (Å²) in [6.45, 7) is 1.52. The Kier molecular flexibility index (Phi) is 4.32. The molecule has 0 aromatic heterocycles. The van der Waals surface area contributed by atoms with E-state index in [1.54, 1.807) is 18.2 Å². The van der Waals surface area contributed by atoms with Crippen LogP contribution in [0.1, 0.15) is 17.3 Å². The summed E-state index contributed by atoms with van der Waals surface area (Å²) in [6.07, 6.45) is 0. The van der Waals surface area contributed by atoms with E-state index in [0.29, 0.717) is 15.1 Å². The van der Waals surface area contributed by atoms with E-state index in [0.717, 1.165) is 0 Å². The van der Waals surface area contributed by atoms with Gasteiger partial charge in [0.15, 0.2) is 0 Å². The molecule has 0 saturated carbocycles. The average Bonchev–Trinajstić information content (AvgIpc) is 2.21. The number of carbonyl (C=O) groups excluding carboxylic acids is 2. The molecule has 0 aliphatic carbocycles. The van der Waals surface area contributed by atoms with Crippen LogP contribution in [-0.4, -0.2) is 17.9 Å². The number of primary amides is 1. The molecule has 0 aliphatic rings. The molecule has 3 N–H and O–H groups in total. The van der Waals surface area contributed by atoms with Crippen LogP contribution in [0.3, 0.4) is 0 Å². The summed E-state index contributed by atoms with van der Waals surface area (Å²) >= 11 is 8.99. The molecule has 86 valence electrons. The van der Waals surface area contributed by atoms with Crippen molar-refractivity contribution in [1.29, 1.82) is 0 Å². The van der Waals surface area contributed by atoms with Gasteiger partial charge in [0.1, 0.15) is 6.04 Å². The van der Waals surface area contributed by atoms with Crippen molar-refractivity contribution in [2.75, 3.05) is 0 Å². The Labute approximate surface area is 106 Å². The van der Waals surface area contributed by atoms with E-state index in [9.17, 15) is 9.59 Å². The fraction of sp³-hybridized carbons (Fsp3) is 0.200. The topological polar surface area (TPSA) is 72.2 Å². The molecule has 0 aliphatic heterocycles. The number of amides is 2. The molecule has 4 nitrogen and oxygen atoms in total. The summed E-state index contributed by atoms with van der Waals surface area (Å²) in [6, 6.07) is 4.03. The van der Waals surface area contributed by atoms with Crippen LogP contribution in [0.5, 0.6) is 0 Å². The van der Waals surface area contributed by atoms with Gasteiger partial charge in [0.25, 0.3) is 5.91 Å². The first-order chi connectivity index (χ1) is 7.41. The number of carbonyl (C=O) groups is 2. The smallest absolute Gasteiger partial charge is 0.251 e. The molecule has 0 saturated heterocycles. The predicted molar refractivity (Wildman–Crippen MR) is 65.3 cm³/mol. The van der Waals surface area contributed by atoms with E-state index in [1.165, 1.54) is 6.92 Å². The second-order valence-corrected chi connectivity index (χ2v) is 4.49. The molecule has 2 amide bonds. The van der Waals surface area contributed by atoms with Crippen molar-refractivity contribution in [3.05, 3.63) is 33.3 Å². The molecule has 0 fully saturated rings. The van der Waals surface area contributed by atoms with Crippen molar-refractivity contribution < 1.29 is 9.59 Å². The highest BCUT2D eigenvalue weighted by Crippen LogP contribution is 2.23. The van der Waals surface area contributed by atoms with Crippen molar-refractivity contribution in [2.45, 2.75) is 13.0 Å². The van der Waals surface area contributed by atoms with E-state index in [2.05, 4.69) is 21.2 Å². The molecule has 1 rings (SSSR count). The van der Waals surface area contributed by atoms with Crippen molar-refractivity contribution in [2.24, 2.45) is 5.73 Å². The number of halogens is 2. The van der Waals surface area contributed by atoms with Crippen molar-refractivity contribution >= 4 is 39.3 Å². The normalized spacial score (nSPS) is 11.9. The van der Waals surface area contributed by atoms with E-state index < -0.39 is 11.9 Å². The van der Waals surface area contributed by atoms with Gasteiger partial charge in [-0.2, -0.15) is 0 Å². The molecule has 1 aromatic rings. The number of benzene rings is 1. The van der Waals surface area contributed by atoms with Crippen LogP contribution in [0, 0.1) is 0 Å². The van der Waals surface area contributed by atoms with Gasteiger partial charge in [-0.3, -0.25) is 9.59 Å². The molecule has 16 heavy (non-hydrogen) atoms. The number of hydrogen-bond acceptors (Lipinski definition) is 2. The van der Waals surface area contributed by atoms with Crippen molar-refractivity contribution in [3.63, 3.8) is 0 Å². The molecular weight excluding hydrogens is 295 g/mol. The number of nitrogens with two attached hydrogens (primary N) is 1. The zero-order valence-electron chi connectivity index (χ0n) is 8.46. The SMILES string of the molecule is C[C@@H](NC(=O)c1ccc(Cl)c(Br)c1)C(N)=O. The Morgan fingerprint density at radius 2 is 2.12 bits per heavy atom. The van der Waals surface area contributed by atoms with Gasteiger partial charge in [-0.15, -0.1) is 0 Å². The fourth-order valence-corrected chi connectivity index (χ4v) is 1.48. The summed E-state index contributed by atoms with van der Waals surface area (Å²) < 4.78 is 0.619. The lowest BCUT2D eigenvalue weighted by Gasteiger charge is -2.10. The Morgan fingerprint density at radius 3 is 2.62 bits per heavy atom. The monoisotopic (exact) mass is 304 g/mol. The van der Waals surface area contributed by atoms with Gasteiger partial charge in [0.05, 0.1) is 5.02 Å². The summed E-state index contributed by atoms with van der Waals surface area (Å²) in [5.41, 5.74) is 5.44. The summed E-state index contributed by atoms with van der Waals surface area (Å²) in [4.78, 5) is 22.4. The molecular formula is C10H10BrClN2O2. The van der Waals surface area contributed by atoms with Crippen LogP contribution >= 0.6 is 27.5 Å². The molecule has 0 unspecified atom stereocenters. The Balaban J connectivity index is 2.81. The quantitative estimate of drug-likeness (QED) is 0.892. The molecule has 0 spiro atoms. The van der Waals surface area contributed by atoms with Gasteiger partial charge in [-0.25, -0.2) is 0 Å². The minimum atomic E-state index is -0.707. The highest BCUT2D eigenvalue weighted by atomic mass is 79.9. The fourth-order valence-electron chi connectivity index (χ4n) is 0.988. The molecule has 6 heteroatoms. The maximum atomic E-state index is 11.6. The van der Waals surface area contributed by atoms with Crippen LogP contribution in [0.2, 0.25) is 5.02 Å². The first-order valence-corrected chi connectivity index (χ1v) is 5.64. The Morgan fingerprint density at radius 1 is 1.50 bits per heavy atom. The zero-order valence-corrected chi connectivity index (χ0v) is 10.8. The highest BCUT2D eigenvalue weighted by Gasteiger charge is 2.14. The second-order valence-electron chi connectivity index (χ2n) is 3.23. The molecule has 0 bridgehead atoms. The minimum Gasteiger partial charge on any atom is -0.368 e. The molecule has 1 aromatic carbocycles. The molecule has 0 radical (unpaired) electrons. The Bertz CT molecular complexity index is 437. The van der Waals surface area contributed by atoms with Crippen molar-refractivity contribution in [1.82, 2.24) is 5.32 Å². The van der Waals surface area contributed by atoms with Gasteiger partial charge in [-0.1, -0.05) is 11.6 Å². The van der Waals surface area contributed by atoms with Crippen LogP contribution in [-0.2, 0) is 4.79 Å². The minimum absolute atomic E-state index is 0.372. The summed E-state index contributed by atoms with van der Waals surface area (Å²) in [5, 5.41) is 2.98. The van der Waals surface area contributed by atoms with Crippen molar-refractivity contribution in [3.8, 4) is 0 Å². The van der Waals surface area contributed by atoms with Crippen LogP contribution < -0.4 is 11.1 Å². The van der Waals surface area contributed by atoms with Gasteiger partial charge in [0.2, 0.25) is 5.91 Å². The third kappa shape index (κ3) is 3.21. The number of hydrogen-bond donors (Lipinski definition) is 2. The number of nitrogens with one attached hydrogen (secondary N) is 1. The van der Waals surface area contributed by atoms with Gasteiger partial charge in [-0.05, 0) is 41.1 Å². The van der Waals surface area contributed by atoms with E-state index in [-0.39, 0.29) is 5.91 Å². The highest BCUT2D eigenvalue weighted by molar-refractivity contribution is 9.10. The maximum absolute atomic E-state index is 11.6. The first kappa shape index (κ1) is 13.0. The zero-order chi connectivity index (χ0) is 12.3. The van der Waals surface area contributed by atoms with Crippen LogP contribution in [0.4, 0.5) is 0 Å². The van der Waals surface area contributed by atoms with Crippen LogP contribution in [0.25, 0.3) is 0 Å². The lowest BCUT2D eigenvalue weighted by Crippen LogP contribution is -2.42.